The maximum Gasteiger partial charge on any atom is 0.348 e. The monoisotopic (exact) mass is 239 g/mol. The van der Waals surface area contributed by atoms with Gasteiger partial charge in [-0.1, -0.05) is 0 Å². The molecule has 6 nitrogen and oxygen atoms in total. The Morgan fingerprint density at radius 3 is 2.71 bits per heavy atom. The van der Waals surface area contributed by atoms with Gasteiger partial charge in [-0.25, -0.2) is 14.2 Å². The van der Waals surface area contributed by atoms with Gasteiger partial charge in [0.1, 0.15) is 6.20 Å². The number of rotatable bonds is 4. The van der Waals surface area contributed by atoms with Crippen LogP contribution in [0.5, 0.6) is 0 Å². The summed E-state index contributed by atoms with van der Waals surface area (Å²) in [6.45, 7) is 1.98. The zero-order chi connectivity index (χ0) is 12.8. The van der Waals surface area contributed by atoms with E-state index in [1.165, 1.54) is 30.0 Å². The number of nitrogens with two attached hydrogens (primary N) is 1. The minimum absolute atomic E-state index is 0.0372. The van der Waals surface area contributed by atoms with E-state index in [1.54, 1.807) is 6.92 Å². The Balaban J connectivity index is 2.90. The summed E-state index contributed by atoms with van der Waals surface area (Å²) in [4.78, 5) is 22.6. The van der Waals surface area contributed by atoms with Crippen LogP contribution in [0.4, 0.5) is 5.82 Å². The molecule has 0 aliphatic heterocycles. The largest absolute Gasteiger partial charge is 0.465 e. The van der Waals surface area contributed by atoms with Crippen LogP contribution in [-0.2, 0) is 20.8 Å². The van der Waals surface area contributed by atoms with Gasteiger partial charge >= 0.3 is 11.9 Å². The van der Waals surface area contributed by atoms with E-state index >= 15 is 0 Å². The minimum Gasteiger partial charge on any atom is -0.465 e. The standard InChI is InChI=1S/C11H14N2O4/c1-3-17-10(14)7-13-6-8(11(15)16-2)4-5-9(13)12/h4-6,12H,3,7H2,1-2H3/p+1. The van der Waals surface area contributed by atoms with Crippen molar-refractivity contribution in [1.82, 2.24) is 0 Å². The first kappa shape index (κ1) is 13.0. The van der Waals surface area contributed by atoms with E-state index in [4.69, 9.17) is 10.5 Å². The Hall–Kier alpha value is -2.11. The summed E-state index contributed by atoms with van der Waals surface area (Å²) in [6, 6.07) is 3.06. The predicted octanol–water partition coefficient (Wildman–Crippen LogP) is -0.0940. The Bertz CT molecular complexity index is 431. The van der Waals surface area contributed by atoms with Crippen LogP contribution >= 0.6 is 0 Å². The molecule has 1 rings (SSSR count). The molecule has 1 aromatic heterocycles. The highest BCUT2D eigenvalue weighted by molar-refractivity contribution is 5.88. The number of carbonyl (C=O) groups is 2. The summed E-state index contributed by atoms with van der Waals surface area (Å²) in [7, 11) is 1.29. The van der Waals surface area contributed by atoms with Crippen molar-refractivity contribution in [3.05, 3.63) is 23.9 Å². The van der Waals surface area contributed by atoms with Crippen molar-refractivity contribution in [2.75, 3.05) is 19.5 Å². The first-order valence-corrected chi connectivity index (χ1v) is 5.11. The Morgan fingerprint density at radius 1 is 1.41 bits per heavy atom. The van der Waals surface area contributed by atoms with Crippen molar-refractivity contribution in [2.45, 2.75) is 13.5 Å². The van der Waals surface area contributed by atoms with Crippen molar-refractivity contribution >= 4 is 17.8 Å². The average Bonchev–Trinajstić information content (AvgIpc) is 2.31. The minimum atomic E-state index is -0.484. The molecule has 0 atom stereocenters. The molecule has 0 aliphatic carbocycles. The predicted molar refractivity (Wildman–Crippen MR) is 59.0 cm³/mol. The first-order valence-electron chi connectivity index (χ1n) is 5.11. The van der Waals surface area contributed by atoms with Crippen molar-refractivity contribution < 1.29 is 23.6 Å². The molecular weight excluding hydrogens is 224 g/mol. The van der Waals surface area contributed by atoms with Gasteiger partial charge in [-0.2, -0.15) is 0 Å². The van der Waals surface area contributed by atoms with Gasteiger partial charge in [0.15, 0.2) is 6.54 Å². The molecule has 0 fully saturated rings. The van der Waals surface area contributed by atoms with Crippen LogP contribution in [0.2, 0.25) is 0 Å². The number of nitrogen functional groups attached to an aromatic ring is 1. The van der Waals surface area contributed by atoms with Gasteiger partial charge in [-0.15, -0.1) is 0 Å². The van der Waals surface area contributed by atoms with Gasteiger partial charge in [0, 0.05) is 6.07 Å². The van der Waals surface area contributed by atoms with E-state index in [9.17, 15) is 9.59 Å². The SMILES string of the molecule is CCOC(=O)C[n+]1cc(C(=O)OC)ccc1N. The summed E-state index contributed by atoms with van der Waals surface area (Å²) < 4.78 is 10.8. The topological polar surface area (TPSA) is 82.5 Å². The van der Waals surface area contributed by atoms with E-state index in [-0.39, 0.29) is 6.54 Å². The number of nitrogens with zero attached hydrogens (tertiary/aromatic N) is 1. The second kappa shape index (κ2) is 5.83. The number of hydrogen-bond acceptors (Lipinski definition) is 5. The van der Waals surface area contributed by atoms with Crippen LogP contribution in [-0.4, -0.2) is 25.7 Å². The number of hydrogen-bond donors (Lipinski definition) is 1. The van der Waals surface area contributed by atoms with Crippen LogP contribution in [0.3, 0.4) is 0 Å². The number of aromatic nitrogens is 1. The van der Waals surface area contributed by atoms with E-state index in [2.05, 4.69) is 4.74 Å². The lowest BCUT2D eigenvalue weighted by atomic mass is 10.3. The maximum absolute atomic E-state index is 11.3. The molecule has 0 radical (unpaired) electrons. The molecule has 0 saturated heterocycles. The third-order valence-corrected chi connectivity index (χ3v) is 2.09. The van der Waals surface area contributed by atoms with Gasteiger partial charge in [0.2, 0.25) is 0 Å². The van der Waals surface area contributed by atoms with E-state index in [0.717, 1.165) is 0 Å². The molecule has 1 aromatic rings. The highest BCUT2D eigenvalue weighted by atomic mass is 16.5. The average molecular weight is 239 g/mol. The lowest BCUT2D eigenvalue weighted by Gasteiger charge is -2.05. The van der Waals surface area contributed by atoms with E-state index < -0.39 is 11.9 Å². The van der Waals surface area contributed by atoms with Gasteiger partial charge in [0.05, 0.1) is 19.3 Å². The van der Waals surface area contributed by atoms with E-state index in [0.29, 0.717) is 18.0 Å². The Kier molecular flexibility index (Phi) is 4.45. The highest BCUT2D eigenvalue weighted by Gasteiger charge is 2.15. The zero-order valence-electron chi connectivity index (χ0n) is 9.80. The molecule has 0 saturated carbocycles. The van der Waals surface area contributed by atoms with Crippen molar-refractivity contribution in [1.29, 1.82) is 0 Å². The molecule has 0 aromatic carbocycles. The van der Waals surface area contributed by atoms with Crippen molar-refractivity contribution in [2.24, 2.45) is 0 Å². The molecule has 17 heavy (non-hydrogen) atoms. The number of methoxy groups -OCH3 is 1. The normalized spacial score (nSPS) is 9.76. The van der Waals surface area contributed by atoms with Crippen molar-refractivity contribution in [3.63, 3.8) is 0 Å². The van der Waals surface area contributed by atoms with Crippen LogP contribution in [0.1, 0.15) is 17.3 Å². The fraction of sp³-hybridized carbons (Fsp3) is 0.364. The van der Waals surface area contributed by atoms with Gasteiger partial charge in [-0.3, -0.25) is 5.73 Å². The molecular formula is C11H15N2O4+. The Labute approximate surface area is 98.9 Å². The number of ether oxygens (including phenoxy) is 2. The molecule has 0 spiro atoms. The van der Waals surface area contributed by atoms with Crippen LogP contribution in [0.25, 0.3) is 0 Å². The molecule has 0 bridgehead atoms. The molecule has 0 unspecified atom stereocenters. The smallest absolute Gasteiger partial charge is 0.348 e. The quantitative estimate of drug-likeness (QED) is 0.586. The summed E-state index contributed by atoms with van der Waals surface area (Å²) in [5, 5.41) is 0. The second-order valence-electron chi connectivity index (χ2n) is 3.27. The summed E-state index contributed by atoms with van der Waals surface area (Å²) in [5.41, 5.74) is 6.00. The van der Waals surface area contributed by atoms with Crippen LogP contribution in [0, 0.1) is 0 Å². The molecule has 92 valence electrons. The fourth-order valence-corrected chi connectivity index (χ4v) is 1.28. The fourth-order valence-electron chi connectivity index (χ4n) is 1.28. The number of esters is 2. The van der Waals surface area contributed by atoms with Crippen molar-refractivity contribution in [3.8, 4) is 0 Å². The Morgan fingerprint density at radius 2 is 2.12 bits per heavy atom. The molecule has 1 heterocycles. The number of pyridine rings is 1. The summed E-state index contributed by atoms with van der Waals surface area (Å²) >= 11 is 0. The lowest BCUT2D eigenvalue weighted by molar-refractivity contribution is -0.671. The first-order chi connectivity index (χ1) is 8.08. The molecule has 6 heteroatoms. The van der Waals surface area contributed by atoms with Gasteiger partial charge in [0.25, 0.3) is 5.82 Å². The number of carbonyl (C=O) groups excluding carboxylic acids is 2. The zero-order valence-corrected chi connectivity index (χ0v) is 9.80. The third-order valence-electron chi connectivity index (χ3n) is 2.09. The van der Waals surface area contributed by atoms with Gasteiger partial charge in [-0.05, 0) is 13.0 Å². The summed E-state index contributed by atoms with van der Waals surface area (Å²) in [6.07, 6.45) is 1.46. The van der Waals surface area contributed by atoms with Crippen LogP contribution < -0.4 is 10.3 Å². The van der Waals surface area contributed by atoms with Crippen LogP contribution in [0.15, 0.2) is 18.3 Å². The number of anilines is 1. The molecule has 0 amide bonds. The third kappa shape index (κ3) is 3.44. The van der Waals surface area contributed by atoms with Gasteiger partial charge < -0.3 is 9.47 Å². The lowest BCUT2D eigenvalue weighted by Crippen LogP contribution is -2.42. The highest BCUT2D eigenvalue weighted by Crippen LogP contribution is 2.01. The molecule has 2 N–H and O–H groups in total. The second-order valence-corrected chi connectivity index (χ2v) is 3.27. The maximum atomic E-state index is 11.3. The molecule has 0 aliphatic rings. The van der Waals surface area contributed by atoms with E-state index in [1.807, 2.05) is 0 Å². The summed E-state index contributed by atoms with van der Waals surface area (Å²) in [5.74, 6) is -0.528.